The van der Waals surface area contributed by atoms with E-state index in [1.807, 2.05) is 0 Å². The van der Waals surface area contributed by atoms with Crippen LogP contribution in [0, 0.1) is 0 Å². The van der Waals surface area contributed by atoms with E-state index in [-0.39, 0.29) is 11.1 Å². The topological polar surface area (TPSA) is 132 Å². The minimum absolute atomic E-state index is 0.279. The smallest absolute Gasteiger partial charge is 0.339 e. The lowest BCUT2D eigenvalue weighted by Crippen LogP contribution is -2.08. The third kappa shape index (κ3) is 3.09. The monoisotopic (exact) mass is 328 g/mol. The third-order valence-corrected chi connectivity index (χ3v) is 3.41. The molecule has 2 rings (SSSR count). The highest BCUT2D eigenvalue weighted by Gasteiger charge is 2.18. The first-order valence-electron chi connectivity index (χ1n) is 6.59. The van der Waals surface area contributed by atoms with E-state index >= 15 is 0 Å². The Morgan fingerprint density at radius 2 is 1.17 bits per heavy atom. The molecule has 7 nitrogen and oxygen atoms in total. The Morgan fingerprint density at radius 3 is 1.62 bits per heavy atom. The molecule has 0 aliphatic heterocycles. The Balaban J connectivity index is 2.49. The summed E-state index contributed by atoms with van der Waals surface area (Å²) in [5.74, 6) is -4.51. The molecule has 2 aromatic rings. The molecule has 2 aromatic carbocycles. The number of aromatic hydroxyl groups is 1. The molecule has 0 unspecified atom stereocenters. The van der Waals surface area contributed by atoms with Crippen LogP contribution < -0.4 is 0 Å². The van der Waals surface area contributed by atoms with Crippen LogP contribution in [0.4, 0.5) is 0 Å². The third-order valence-electron chi connectivity index (χ3n) is 3.41. The summed E-state index contributed by atoms with van der Waals surface area (Å²) in [6, 6.07) is 7.50. The van der Waals surface area contributed by atoms with Crippen molar-refractivity contribution in [1.29, 1.82) is 0 Å². The summed E-state index contributed by atoms with van der Waals surface area (Å²) in [6.45, 7) is 3.79. The van der Waals surface area contributed by atoms with Crippen LogP contribution in [0.1, 0.15) is 42.2 Å². The number of hydrogen-bond donors (Lipinski definition) is 4. The largest absolute Gasteiger partial charge is 0.507 e. The van der Waals surface area contributed by atoms with Crippen molar-refractivity contribution >= 4 is 23.5 Å². The van der Waals surface area contributed by atoms with Crippen molar-refractivity contribution in [2.75, 3.05) is 0 Å². The first-order chi connectivity index (χ1) is 11.2. The van der Waals surface area contributed by atoms with Crippen molar-refractivity contribution in [3.63, 3.8) is 0 Å². The zero-order chi connectivity index (χ0) is 18.0. The van der Waals surface area contributed by atoms with Gasteiger partial charge in [0.15, 0.2) is 0 Å². The maximum absolute atomic E-state index is 11.2. The van der Waals surface area contributed by atoms with Gasteiger partial charge in [0.1, 0.15) is 11.3 Å². The lowest BCUT2D eigenvalue weighted by Gasteiger charge is -2.10. The molecule has 0 atom stereocenters. The van der Waals surface area contributed by atoms with Crippen molar-refractivity contribution < 1.29 is 34.8 Å². The summed E-state index contributed by atoms with van der Waals surface area (Å²) in [4.78, 5) is 33.2. The standard InChI is InChI=1S/C17H12O7/c1-8(10-3-5-12(16(21)22)14(18)7-10)9-2-4-11(15(19)20)13(6-9)17(23)24/h2-7,18H,1H2,(H,19,20)(H,21,22)(H,23,24). The van der Waals surface area contributed by atoms with E-state index in [1.54, 1.807) is 0 Å². The minimum atomic E-state index is -1.40. The van der Waals surface area contributed by atoms with Gasteiger partial charge in [0, 0.05) is 0 Å². The molecule has 0 bridgehead atoms. The van der Waals surface area contributed by atoms with E-state index in [2.05, 4.69) is 6.58 Å². The molecular weight excluding hydrogens is 316 g/mol. The van der Waals surface area contributed by atoms with Gasteiger partial charge in [-0.1, -0.05) is 18.7 Å². The average molecular weight is 328 g/mol. The maximum Gasteiger partial charge on any atom is 0.339 e. The highest BCUT2D eigenvalue weighted by molar-refractivity contribution is 6.02. The molecule has 0 heterocycles. The van der Waals surface area contributed by atoms with E-state index in [0.717, 1.165) is 12.1 Å². The van der Waals surface area contributed by atoms with Gasteiger partial charge in [0.2, 0.25) is 0 Å². The second-order valence-electron chi connectivity index (χ2n) is 4.89. The van der Waals surface area contributed by atoms with Gasteiger partial charge in [-0.3, -0.25) is 0 Å². The number of aromatic carboxylic acids is 3. The van der Waals surface area contributed by atoms with Crippen molar-refractivity contribution in [2.45, 2.75) is 0 Å². The molecule has 24 heavy (non-hydrogen) atoms. The molecule has 0 amide bonds. The van der Waals surface area contributed by atoms with Crippen molar-refractivity contribution in [2.24, 2.45) is 0 Å². The fourth-order valence-electron chi connectivity index (χ4n) is 2.16. The zero-order valence-electron chi connectivity index (χ0n) is 12.2. The number of carbonyl (C=O) groups is 3. The van der Waals surface area contributed by atoms with Crippen molar-refractivity contribution in [3.8, 4) is 5.75 Å². The van der Waals surface area contributed by atoms with Gasteiger partial charge in [0.05, 0.1) is 11.1 Å². The molecule has 0 aliphatic carbocycles. The van der Waals surface area contributed by atoms with Gasteiger partial charge in [-0.2, -0.15) is 0 Å². The van der Waals surface area contributed by atoms with Crippen LogP contribution in [0.15, 0.2) is 43.0 Å². The highest BCUT2D eigenvalue weighted by atomic mass is 16.4. The minimum Gasteiger partial charge on any atom is -0.507 e. The second-order valence-corrected chi connectivity index (χ2v) is 4.89. The average Bonchev–Trinajstić information content (AvgIpc) is 2.52. The first-order valence-corrected chi connectivity index (χ1v) is 6.59. The number of hydrogen-bond acceptors (Lipinski definition) is 4. The molecule has 0 fully saturated rings. The van der Waals surface area contributed by atoms with E-state index in [4.69, 9.17) is 15.3 Å². The predicted octanol–water partition coefficient (Wildman–Crippen LogP) is 2.55. The maximum atomic E-state index is 11.2. The fraction of sp³-hybridized carbons (Fsp3) is 0. The summed E-state index contributed by atoms with van der Waals surface area (Å²) >= 11 is 0. The van der Waals surface area contributed by atoms with Crippen LogP contribution >= 0.6 is 0 Å². The van der Waals surface area contributed by atoms with Crippen molar-refractivity contribution in [1.82, 2.24) is 0 Å². The summed E-state index contributed by atoms with van der Waals surface area (Å²) in [5.41, 5.74) is -0.0203. The number of rotatable bonds is 5. The molecule has 0 aliphatic rings. The first kappa shape index (κ1) is 16.8. The van der Waals surface area contributed by atoms with Gasteiger partial charge >= 0.3 is 17.9 Å². The summed E-state index contributed by atoms with van der Waals surface area (Å²) in [6.07, 6.45) is 0. The molecular formula is C17H12O7. The Labute approximate surface area is 135 Å². The van der Waals surface area contributed by atoms with Crippen molar-refractivity contribution in [3.05, 3.63) is 70.8 Å². The predicted molar refractivity (Wildman–Crippen MR) is 83.6 cm³/mol. The summed E-state index contributed by atoms with van der Waals surface area (Å²) < 4.78 is 0. The van der Waals surface area contributed by atoms with Crippen LogP contribution in [0.5, 0.6) is 5.75 Å². The van der Waals surface area contributed by atoms with Crippen LogP contribution in [0.3, 0.4) is 0 Å². The zero-order valence-corrected chi connectivity index (χ0v) is 12.2. The van der Waals surface area contributed by atoms with E-state index in [9.17, 15) is 19.5 Å². The molecule has 0 spiro atoms. The number of benzene rings is 2. The summed E-state index contributed by atoms with van der Waals surface area (Å²) in [7, 11) is 0. The second kappa shape index (κ2) is 6.25. The lowest BCUT2D eigenvalue weighted by molar-refractivity contribution is 0.0651. The Kier molecular flexibility index (Phi) is 4.36. The number of carboxylic acid groups (broad SMARTS) is 3. The van der Waals surface area contributed by atoms with Gasteiger partial charge in [0.25, 0.3) is 0 Å². The Bertz CT molecular complexity index is 881. The Hall–Kier alpha value is -3.61. The SMILES string of the molecule is C=C(c1ccc(C(=O)O)c(O)c1)c1ccc(C(=O)O)c(C(=O)O)c1. The molecule has 0 radical (unpaired) electrons. The van der Waals surface area contributed by atoms with Gasteiger partial charge in [-0.25, -0.2) is 14.4 Å². The van der Waals surface area contributed by atoms with Gasteiger partial charge in [-0.15, -0.1) is 0 Å². The number of phenols is 1. The molecule has 0 saturated carbocycles. The van der Waals surface area contributed by atoms with E-state index in [1.165, 1.54) is 24.3 Å². The molecule has 122 valence electrons. The van der Waals surface area contributed by atoms with Crippen LogP contribution in [0.25, 0.3) is 5.57 Å². The lowest BCUT2D eigenvalue weighted by atomic mass is 9.94. The highest BCUT2D eigenvalue weighted by Crippen LogP contribution is 2.28. The summed E-state index contributed by atoms with van der Waals surface area (Å²) in [5, 5.41) is 36.8. The van der Waals surface area contributed by atoms with Gasteiger partial charge < -0.3 is 20.4 Å². The van der Waals surface area contributed by atoms with Crippen LogP contribution in [-0.2, 0) is 0 Å². The fourth-order valence-corrected chi connectivity index (χ4v) is 2.16. The van der Waals surface area contributed by atoms with Crippen LogP contribution in [0.2, 0.25) is 0 Å². The van der Waals surface area contributed by atoms with E-state index in [0.29, 0.717) is 16.7 Å². The normalized spacial score (nSPS) is 10.2. The molecule has 0 saturated heterocycles. The van der Waals surface area contributed by atoms with E-state index < -0.39 is 29.2 Å². The quantitative estimate of drug-likeness (QED) is 0.663. The van der Waals surface area contributed by atoms with Crippen LogP contribution in [-0.4, -0.2) is 38.3 Å². The molecule has 0 aromatic heterocycles. The number of carboxylic acids is 3. The molecule has 4 N–H and O–H groups in total. The molecule has 7 heteroatoms. The van der Waals surface area contributed by atoms with Gasteiger partial charge in [-0.05, 0) is 41.0 Å². The Morgan fingerprint density at radius 1 is 0.708 bits per heavy atom.